The zero-order valence-electron chi connectivity index (χ0n) is 7.73. The lowest BCUT2D eigenvalue weighted by Gasteiger charge is -2.25. The Morgan fingerprint density at radius 2 is 2.36 bits per heavy atom. The fraction of sp³-hybridized carbons (Fsp3) is 0.444. The summed E-state index contributed by atoms with van der Waals surface area (Å²) in [5.41, 5.74) is 1.06. The topological polar surface area (TPSA) is 68.0 Å². The van der Waals surface area contributed by atoms with E-state index >= 15 is 0 Å². The van der Waals surface area contributed by atoms with Crippen LogP contribution in [0.3, 0.4) is 0 Å². The van der Waals surface area contributed by atoms with Crippen molar-refractivity contribution < 1.29 is 9.47 Å². The van der Waals surface area contributed by atoms with Gasteiger partial charge in [-0.1, -0.05) is 0 Å². The molecule has 0 unspecified atom stereocenters. The van der Waals surface area contributed by atoms with E-state index in [0.717, 1.165) is 5.69 Å². The van der Waals surface area contributed by atoms with Crippen LogP contribution in [0.5, 0.6) is 6.01 Å². The number of ether oxygens (including phenoxy) is 2. The minimum absolute atomic E-state index is 0.0309. The number of rotatable bonds is 2. The molecule has 2 rings (SSSR count). The molecule has 0 bridgehead atoms. The van der Waals surface area contributed by atoms with Gasteiger partial charge in [0.15, 0.2) is 0 Å². The van der Waals surface area contributed by atoms with Crippen LogP contribution in [0.25, 0.3) is 0 Å². The molecule has 0 saturated carbocycles. The fourth-order valence-electron chi connectivity index (χ4n) is 1.08. The predicted molar refractivity (Wildman–Crippen MR) is 46.7 cm³/mol. The minimum Gasteiger partial charge on any atom is -0.455 e. The van der Waals surface area contributed by atoms with Crippen LogP contribution < -0.4 is 4.74 Å². The molecule has 1 aliphatic heterocycles. The molecule has 0 amide bonds. The maximum Gasteiger partial charge on any atom is 0.318 e. The number of hydrogen-bond donors (Lipinski definition) is 0. The van der Waals surface area contributed by atoms with E-state index in [4.69, 9.17) is 14.7 Å². The Kier molecular flexibility index (Phi) is 2.29. The summed E-state index contributed by atoms with van der Waals surface area (Å²) in [6.45, 7) is 2.94. The third-order valence-corrected chi connectivity index (χ3v) is 1.83. The summed E-state index contributed by atoms with van der Waals surface area (Å²) < 4.78 is 10.3. The summed E-state index contributed by atoms with van der Waals surface area (Å²) >= 11 is 0. The molecule has 2 heterocycles. The standard InChI is InChI=1S/C9H9N3O2/c1-6-2-7(3-10)12-9(11-6)14-8-4-13-5-8/h2,8H,4-5H2,1H3. The average Bonchev–Trinajstić information content (AvgIpc) is 2.10. The summed E-state index contributed by atoms with van der Waals surface area (Å²) in [5, 5.41) is 8.67. The Morgan fingerprint density at radius 3 is 2.93 bits per heavy atom. The lowest BCUT2D eigenvalue weighted by Crippen LogP contribution is -2.39. The Balaban J connectivity index is 2.16. The highest BCUT2D eigenvalue weighted by molar-refractivity contribution is 5.23. The molecule has 0 atom stereocenters. The van der Waals surface area contributed by atoms with Gasteiger partial charge in [0.05, 0.1) is 13.2 Å². The molecule has 0 spiro atoms. The first-order valence-electron chi connectivity index (χ1n) is 4.28. The Labute approximate surface area is 81.3 Å². The summed E-state index contributed by atoms with van der Waals surface area (Å²) in [7, 11) is 0. The molecule has 5 heteroatoms. The zero-order chi connectivity index (χ0) is 9.97. The molecule has 1 aliphatic rings. The number of nitrogens with zero attached hydrogens (tertiary/aromatic N) is 3. The van der Waals surface area contributed by atoms with E-state index < -0.39 is 0 Å². The highest BCUT2D eigenvalue weighted by atomic mass is 16.6. The first-order valence-corrected chi connectivity index (χ1v) is 4.28. The maximum atomic E-state index is 8.67. The molecular weight excluding hydrogens is 182 g/mol. The lowest BCUT2D eigenvalue weighted by atomic mass is 10.3. The smallest absolute Gasteiger partial charge is 0.318 e. The van der Waals surface area contributed by atoms with E-state index in [1.54, 1.807) is 13.0 Å². The lowest BCUT2D eigenvalue weighted by molar-refractivity contribution is -0.0832. The number of aryl methyl sites for hydroxylation is 1. The molecule has 14 heavy (non-hydrogen) atoms. The quantitative estimate of drug-likeness (QED) is 0.678. The molecule has 0 aliphatic carbocycles. The summed E-state index contributed by atoms with van der Waals surface area (Å²) in [6, 6.07) is 3.83. The number of aromatic nitrogens is 2. The Hall–Kier alpha value is -1.67. The minimum atomic E-state index is 0.0309. The van der Waals surface area contributed by atoms with Crippen molar-refractivity contribution in [3.05, 3.63) is 17.5 Å². The molecule has 5 nitrogen and oxygen atoms in total. The van der Waals surface area contributed by atoms with Crippen LogP contribution in [-0.4, -0.2) is 29.3 Å². The van der Waals surface area contributed by atoms with Gasteiger partial charge in [0, 0.05) is 5.69 Å². The van der Waals surface area contributed by atoms with E-state index in [2.05, 4.69) is 9.97 Å². The average molecular weight is 191 g/mol. The van der Waals surface area contributed by atoms with Crippen molar-refractivity contribution in [3.63, 3.8) is 0 Å². The van der Waals surface area contributed by atoms with Gasteiger partial charge in [-0.3, -0.25) is 0 Å². The summed E-state index contributed by atoms with van der Waals surface area (Å²) in [5.74, 6) is 0. The molecule has 72 valence electrons. The third-order valence-electron chi connectivity index (χ3n) is 1.83. The second-order valence-corrected chi connectivity index (χ2v) is 3.07. The van der Waals surface area contributed by atoms with Crippen LogP contribution >= 0.6 is 0 Å². The van der Waals surface area contributed by atoms with E-state index in [0.29, 0.717) is 18.9 Å². The van der Waals surface area contributed by atoms with Gasteiger partial charge in [0.2, 0.25) is 0 Å². The molecular formula is C9H9N3O2. The molecule has 1 aromatic heterocycles. The molecule has 0 aromatic carbocycles. The molecule has 1 fully saturated rings. The second kappa shape index (κ2) is 3.60. The van der Waals surface area contributed by atoms with Crippen LogP contribution in [0, 0.1) is 18.3 Å². The van der Waals surface area contributed by atoms with Crippen LogP contribution in [0.2, 0.25) is 0 Å². The van der Waals surface area contributed by atoms with Gasteiger partial charge in [0.25, 0.3) is 0 Å². The van der Waals surface area contributed by atoms with Crippen molar-refractivity contribution in [2.75, 3.05) is 13.2 Å². The zero-order valence-corrected chi connectivity index (χ0v) is 7.73. The van der Waals surface area contributed by atoms with Crippen LogP contribution in [0.1, 0.15) is 11.4 Å². The highest BCUT2D eigenvalue weighted by Crippen LogP contribution is 2.12. The van der Waals surface area contributed by atoms with Gasteiger partial charge in [-0.05, 0) is 13.0 Å². The molecule has 0 N–H and O–H groups in total. The molecule has 1 saturated heterocycles. The predicted octanol–water partition coefficient (Wildman–Crippen LogP) is 0.434. The van der Waals surface area contributed by atoms with Crippen molar-refractivity contribution in [1.29, 1.82) is 5.26 Å². The van der Waals surface area contributed by atoms with Crippen LogP contribution in [0.4, 0.5) is 0 Å². The van der Waals surface area contributed by atoms with Gasteiger partial charge >= 0.3 is 6.01 Å². The monoisotopic (exact) mass is 191 g/mol. The normalized spacial score (nSPS) is 15.7. The maximum absolute atomic E-state index is 8.67. The van der Waals surface area contributed by atoms with Crippen molar-refractivity contribution in [2.45, 2.75) is 13.0 Å². The molecule has 1 aromatic rings. The second-order valence-electron chi connectivity index (χ2n) is 3.07. The van der Waals surface area contributed by atoms with Gasteiger partial charge in [0.1, 0.15) is 17.9 Å². The van der Waals surface area contributed by atoms with Crippen molar-refractivity contribution in [2.24, 2.45) is 0 Å². The first-order chi connectivity index (χ1) is 6.78. The Morgan fingerprint density at radius 1 is 1.57 bits per heavy atom. The number of hydrogen-bond acceptors (Lipinski definition) is 5. The van der Waals surface area contributed by atoms with Gasteiger partial charge in [-0.2, -0.15) is 10.2 Å². The highest BCUT2D eigenvalue weighted by Gasteiger charge is 2.21. The fourth-order valence-corrected chi connectivity index (χ4v) is 1.08. The van der Waals surface area contributed by atoms with Crippen LogP contribution in [0.15, 0.2) is 6.07 Å². The van der Waals surface area contributed by atoms with E-state index in [9.17, 15) is 0 Å². The third kappa shape index (κ3) is 1.80. The van der Waals surface area contributed by atoms with E-state index in [1.807, 2.05) is 6.07 Å². The number of nitriles is 1. The first kappa shape index (κ1) is 8.91. The van der Waals surface area contributed by atoms with Crippen molar-refractivity contribution in [3.8, 4) is 12.1 Å². The van der Waals surface area contributed by atoms with Crippen molar-refractivity contribution >= 4 is 0 Å². The summed E-state index contributed by atoms with van der Waals surface area (Å²) in [4.78, 5) is 7.99. The largest absolute Gasteiger partial charge is 0.455 e. The van der Waals surface area contributed by atoms with Gasteiger partial charge in [-0.25, -0.2) is 4.98 Å². The molecule has 0 radical (unpaired) electrons. The Bertz CT molecular complexity index is 382. The van der Waals surface area contributed by atoms with E-state index in [1.165, 1.54) is 0 Å². The van der Waals surface area contributed by atoms with E-state index in [-0.39, 0.29) is 12.1 Å². The summed E-state index contributed by atoms with van der Waals surface area (Å²) in [6.07, 6.45) is 0.0309. The van der Waals surface area contributed by atoms with Gasteiger partial charge in [-0.15, -0.1) is 0 Å². The SMILES string of the molecule is Cc1cc(C#N)nc(OC2COC2)n1. The van der Waals surface area contributed by atoms with Gasteiger partial charge < -0.3 is 9.47 Å². The van der Waals surface area contributed by atoms with Crippen LogP contribution in [-0.2, 0) is 4.74 Å². The van der Waals surface area contributed by atoms with Crippen molar-refractivity contribution in [1.82, 2.24) is 9.97 Å².